The number of hydrogen-bond donors (Lipinski definition) is 0. The van der Waals surface area contributed by atoms with E-state index >= 15 is 0 Å². The summed E-state index contributed by atoms with van der Waals surface area (Å²) in [6, 6.07) is 10.5. The average molecular weight is 433 g/mol. The second kappa shape index (κ2) is 9.02. The summed E-state index contributed by atoms with van der Waals surface area (Å²) < 4.78 is 3.20. The van der Waals surface area contributed by atoms with Crippen LogP contribution in [0.5, 0.6) is 0 Å². The van der Waals surface area contributed by atoms with Gasteiger partial charge in [-0.25, -0.2) is 9.97 Å². The molecule has 0 aliphatic heterocycles. The van der Waals surface area contributed by atoms with Gasteiger partial charge in [0.1, 0.15) is 0 Å². The molecule has 0 unspecified atom stereocenters. The molecular formula is C25H28N4OS. The Balaban J connectivity index is 1.62. The molecule has 0 fully saturated rings. The number of anilines is 1. The zero-order valence-corrected chi connectivity index (χ0v) is 19.4. The Bertz CT molecular complexity index is 1170. The van der Waals surface area contributed by atoms with Crippen LogP contribution in [-0.4, -0.2) is 27.0 Å². The number of amides is 1. The van der Waals surface area contributed by atoms with E-state index in [-0.39, 0.29) is 5.91 Å². The first-order valence-corrected chi connectivity index (χ1v) is 11.4. The topological polar surface area (TPSA) is 51.0 Å². The molecule has 6 heteroatoms. The monoisotopic (exact) mass is 432 g/mol. The first kappa shape index (κ1) is 21.2. The van der Waals surface area contributed by atoms with E-state index in [1.54, 1.807) is 17.5 Å². The lowest BCUT2D eigenvalue weighted by Crippen LogP contribution is -2.33. The number of nitrogens with zero attached hydrogens (tertiary/aromatic N) is 4. The molecule has 0 radical (unpaired) electrons. The minimum Gasteiger partial charge on any atom is -0.337 e. The van der Waals surface area contributed by atoms with E-state index in [4.69, 9.17) is 4.98 Å². The summed E-state index contributed by atoms with van der Waals surface area (Å²) in [4.78, 5) is 24.3. The third-order valence-electron chi connectivity index (χ3n) is 5.66. The molecule has 0 saturated heterocycles. The Kier molecular flexibility index (Phi) is 6.18. The van der Waals surface area contributed by atoms with Crippen molar-refractivity contribution in [3.8, 4) is 0 Å². The smallest absolute Gasteiger partial charge is 0.233 e. The van der Waals surface area contributed by atoms with Gasteiger partial charge in [-0.3, -0.25) is 9.69 Å². The normalized spacial score (nSPS) is 11.2. The Morgan fingerprint density at radius 1 is 1.06 bits per heavy atom. The molecule has 0 aliphatic rings. The summed E-state index contributed by atoms with van der Waals surface area (Å²) in [7, 11) is 0. The molecule has 1 amide bonds. The number of hydrogen-bond acceptors (Lipinski definition) is 4. The number of imidazole rings is 1. The molecule has 0 atom stereocenters. The SMILES string of the molecule is Cc1ccc(CC(=O)N(CCCn2ccnc2)c2nc3c(C)ccc(C)c3s2)c(C)c1. The lowest BCUT2D eigenvalue weighted by molar-refractivity contribution is -0.118. The van der Waals surface area contributed by atoms with Crippen LogP contribution in [0.1, 0.15) is 34.2 Å². The van der Waals surface area contributed by atoms with Crippen molar-refractivity contribution in [1.82, 2.24) is 14.5 Å². The fraction of sp³-hybridized carbons (Fsp3) is 0.320. The van der Waals surface area contributed by atoms with Gasteiger partial charge in [0.25, 0.3) is 0 Å². The number of fused-ring (bicyclic) bond motifs is 1. The van der Waals surface area contributed by atoms with Crippen LogP contribution in [0.3, 0.4) is 0 Å². The van der Waals surface area contributed by atoms with Crippen molar-refractivity contribution < 1.29 is 4.79 Å². The molecule has 0 aliphatic carbocycles. The second-order valence-corrected chi connectivity index (χ2v) is 9.16. The van der Waals surface area contributed by atoms with Crippen LogP contribution in [-0.2, 0) is 17.8 Å². The molecule has 160 valence electrons. The molecule has 0 bridgehead atoms. The predicted octanol–water partition coefficient (Wildman–Crippen LogP) is 5.39. The molecule has 2 aromatic carbocycles. The molecule has 31 heavy (non-hydrogen) atoms. The Hall–Kier alpha value is -2.99. The van der Waals surface area contributed by atoms with E-state index in [0.717, 1.165) is 45.0 Å². The lowest BCUT2D eigenvalue weighted by atomic mass is 10.0. The van der Waals surface area contributed by atoms with Gasteiger partial charge < -0.3 is 4.57 Å². The van der Waals surface area contributed by atoms with Crippen molar-refractivity contribution in [2.45, 2.75) is 47.1 Å². The van der Waals surface area contributed by atoms with Crippen LogP contribution in [0.15, 0.2) is 49.1 Å². The Labute approximate surface area is 187 Å². The molecule has 0 N–H and O–H groups in total. The third-order valence-corrected chi connectivity index (χ3v) is 6.87. The zero-order valence-electron chi connectivity index (χ0n) is 18.6. The van der Waals surface area contributed by atoms with Crippen molar-refractivity contribution in [1.29, 1.82) is 0 Å². The molecule has 4 aromatic rings. The fourth-order valence-electron chi connectivity index (χ4n) is 3.82. The summed E-state index contributed by atoms with van der Waals surface area (Å²) in [6.45, 7) is 9.77. The van der Waals surface area contributed by atoms with Crippen LogP contribution in [0, 0.1) is 27.7 Å². The molecule has 0 saturated carbocycles. The van der Waals surface area contributed by atoms with Gasteiger partial charge in [-0.05, 0) is 56.4 Å². The third kappa shape index (κ3) is 4.69. The first-order chi connectivity index (χ1) is 14.9. The second-order valence-electron chi connectivity index (χ2n) is 8.18. The van der Waals surface area contributed by atoms with E-state index in [2.05, 4.69) is 63.0 Å². The first-order valence-electron chi connectivity index (χ1n) is 10.6. The highest BCUT2D eigenvalue weighted by Crippen LogP contribution is 2.33. The fourth-order valence-corrected chi connectivity index (χ4v) is 4.98. The van der Waals surface area contributed by atoms with Crippen molar-refractivity contribution in [3.63, 3.8) is 0 Å². The molecular weight excluding hydrogens is 404 g/mol. The highest BCUT2D eigenvalue weighted by atomic mass is 32.1. The van der Waals surface area contributed by atoms with Gasteiger partial charge in [-0.15, -0.1) is 0 Å². The van der Waals surface area contributed by atoms with Crippen LogP contribution in [0.2, 0.25) is 0 Å². The van der Waals surface area contributed by atoms with Crippen LogP contribution >= 0.6 is 11.3 Å². The quantitative estimate of drug-likeness (QED) is 0.393. The van der Waals surface area contributed by atoms with Crippen molar-refractivity contribution in [2.75, 3.05) is 11.4 Å². The summed E-state index contributed by atoms with van der Waals surface area (Å²) in [6.07, 6.45) is 6.76. The maximum atomic E-state index is 13.5. The largest absolute Gasteiger partial charge is 0.337 e. The zero-order chi connectivity index (χ0) is 22.0. The summed E-state index contributed by atoms with van der Waals surface area (Å²) >= 11 is 1.61. The summed E-state index contributed by atoms with van der Waals surface area (Å²) in [5.74, 6) is 0.0898. The number of carbonyl (C=O) groups excluding carboxylic acids is 1. The maximum absolute atomic E-state index is 13.5. The van der Waals surface area contributed by atoms with Gasteiger partial charge in [-0.1, -0.05) is 47.2 Å². The predicted molar refractivity (Wildman–Crippen MR) is 128 cm³/mol. The van der Waals surface area contributed by atoms with Crippen LogP contribution in [0.4, 0.5) is 5.13 Å². The Morgan fingerprint density at radius 3 is 2.58 bits per heavy atom. The standard InChI is InChI=1S/C25H28N4OS/c1-17-6-9-21(20(4)14-17)15-22(30)29(12-5-11-28-13-10-26-16-28)25-27-23-18(2)7-8-19(3)24(23)31-25/h6-10,13-14,16H,5,11-12,15H2,1-4H3. The molecule has 2 aromatic heterocycles. The Morgan fingerprint density at radius 2 is 1.87 bits per heavy atom. The number of aromatic nitrogens is 3. The highest BCUT2D eigenvalue weighted by molar-refractivity contribution is 7.22. The van der Waals surface area contributed by atoms with Crippen LogP contribution < -0.4 is 4.90 Å². The number of benzene rings is 2. The van der Waals surface area contributed by atoms with Crippen molar-refractivity contribution >= 4 is 32.6 Å². The van der Waals surface area contributed by atoms with Crippen LogP contribution in [0.25, 0.3) is 10.2 Å². The highest BCUT2D eigenvalue weighted by Gasteiger charge is 2.21. The van der Waals surface area contributed by atoms with Gasteiger partial charge in [0.15, 0.2) is 5.13 Å². The number of rotatable bonds is 7. The van der Waals surface area contributed by atoms with Gasteiger partial charge >= 0.3 is 0 Å². The molecule has 5 nitrogen and oxygen atoms in total. The van der Waals surface area contributed by atoms with Crippen molar-refractivity contribution in [3.05, 3.63) is 76.9 Å². The summed E-state index contributed by atoms with van der Waals surface area (Å²) in [5.41, 5.74) is 6.78. The van der Waals surface area contributed by atoms with Crippen molar-refractivity contribution in [2.24, 2.45) is 0 Å². The number of thiazole rings is 1. The minimum absolute atomic E-state index is 0.0898. The molecule has 4 rings (SSSR count). The lowest BCUT2D eigenvalue weighted by Gasteiger charge is -2.20. The molecule has 0 spiro atoms. The number of aryl methyl sites for hydroxylation is 5. The van der Waals surface area contributed by atoms with E-state index in [0.29, 0.717) is 13.0 Å². The molecule has 2 heterocycles. The maximum Gasteiger partial charge on any atom is 0.233 e. The van der Waals surface area contributed by atoms with E-state index < -0.39 is 0 Å². The van der Waals surface area contributed by atoms with Gasteiger partial charge in [0.2, 0.25) is 5.91 Å². The summed E-state index contributed by atoms with van der Waals surface area (Å²) in [5, 5.41) is 0.785. The van der Waals surface area contributed by atoms with Gasteiger partial charge in [0, 0.05) is 25.5 Å². The van der Waals surface area contributed by atoms with E-state index in [1.807, 2.05) is 22.0 Å². The van der Waals surface area contributed by atoms with Gasteiger partial charge in [-0.2, -0.15) is 0 Å². The average Bonchev–Trinajstić information content (AvgIpc) is 3.41. The van der Waals surface area contributed by atoms with E-state index in [1.165, 1.54) is 11.1 Å². The van der Waals surface area contributed by atoms with Gasteiger partial charge in [0.05, 0.1) is 23.0 Å². The minimum atomic E-state index is 0.0898. The number of carbonyl (C=O) groups is 1. The van der Waals surface area contributed by atoms with E-state index in [9.17, 15) is 4.79 Å².